The van der Waals surface area contributed by atoms with E-state index in [0.717, 1.165) is 22.5 Å². The van der Waals surface area contributed by atoms with Crippen molar-refractivity contribution in [3.63, 3.8) is 0 Å². The first-order valence-electron chi connectivity index (χ1n) is 7.49. The highest BCUT2D eigenvalue weighted by Crippen LogP contribution is 2.34. The van der Waals surface area contributed by atoms with Gasteiger partial charge in [0.2, 0.25) is 0 Å². The third kappa shape index (κ3) is 4.73. The molecule has 1 aromatic carbocycles. The highest BCUT2D eigenvalue weighted by Gasteiger charge is 2.17. The molecule has 122 valence electrons. The molecule has 0 heterocycles. The lowest BCUT2D eigenvalue weighted by Crippen LogP contribution is -2.13. The summed E-state index contributed by atoms with van der Waals surface area (Å²) in [7, 11) is 0. The highest BCUT2D eigenvalue weighted by atomic mass is 32.1. The molecule has 0 fully saturated rings. The number of anilines is 1. The number of hydrogen-bond acceptors (Lipinski definition) is 5. The van der Waals surface area contributed by atoms with Crippen LogP contribution in [0.3, 0.4) is 0 Å². The Bertz CT molecular complexity index is 725. The van der Waals surface area contributed by atoms with Crippen molar-refractivity contribution in [3.8, 4) is 5.75 Å². The normalized spacial score (nSPS) is 16.7. The molecule has 0 spiro atoms. The van der Waals surface area contributed by atoms with Gasteiger partial charge in [-0.05, 0) is 54.2 Å². The molecule has 0 bridgehead atoms. The summed E-state index contributed by atoms with van der Waals surface area (Å²) in [5.41, 5.74) is 6.24. The zero-order chi connectivity index (χ0) is 17.2. The maximum absolute atomic E-state index is 10.5. The summed E-state index contributed by atoms with van der Waals surface area (Å²) in [6, 6.07) is 3.84. The van der Waals surface area contributed by atoms with Gasteiger partial charge >= 0.3 is 0 Å². The van der Waals surface area contributed by atoms with Crippen LogP contribution in [0.25, 0.3) is 0 Å². The van der Waals surface area contributed by atoms with Gasteiger partial charge in [0.1, 0.15) is 11.5 Å². The molecule has 1 aliphatic carbocycles. The molecule has 0 saturated carbocycles. The molecule has 0 atom stereocenters. The SMILES string of the molecule is Cc1cc(CC(C)(C)C)c(O)c(N/N=C2/C=C(S)C=CC2=N)c1. The van der Waals surface area contributed by atoms with Crippen molar-refractivity contribution in [2.75, 3.05) is 5.43 Å². The second-order valence-electron chi connectivity index (χ2n) is 6.98. The second kappa shape index (κ2) is 6.62. The van der Waals surface area contributed by atoms with E-state index in [1.54, 1.807) is 18.2 Å². The van der Waals surface area contributed by atoms with Crippen LogP contribution in [0.5, 0.6) is 5.75 Å². The van der Waals surface area contributed by atoms with Gasteiger partial charge < -0.3 is 5.11 Å². The summed E-state index contributed by atoms with van der Waals surface area (Å²) in [6.07, 6.45) is 5.87. The minimum Gasteiger partial charge on any atom is -0.505 e. The number of hydrazone groups is 1. The van der Waals surface area contributed by atoms with Crippen molar-refractivity contribution in [1.29, 1.82) is 5.41 Å². The number of hydrogen-bond donors (Lipinski definition) is 4. The number of rotatable bonds is 3. The Hall–Kier alpha value is -2.01. The fraction of sp³-hybridized carbons (Fsp3) is 0.333. The number of phenolic OH excluding ortho intramolecular Hbond substituents is 1. The van der Waals surface area contributed by atoms with E-state index in [4.69, 9.17) is 5.41 Å². The lowest BCUT2D eigenvalue weighted by atomic mass is 9.87. The Balaban J connectivity index is 2.30. The molecule has 0 amide bonds. The standard InChI is InChI=1S/C18H23N3OS/c1-11-7-12(10-18(2,3)4)17(22)16(8-11)21-20-15-9-13(23)5-6-14(15)19/h5-9,19,21-23H,10H2,1-4H3/b19-14?,20-15-. The molecule has 0 radical (unpaired) electrons. The predicted octanol–water partition coefficient (Wildman–Crippen LogP) is 4.46. The van der Waals surface area contributed by atoms with E-state index < -0.39 is 0 Å². The summed E-state index contributed by atoms with van der Waals surface area (Å²) < 4.78 is 0. The first-order chi connectivity index (χ1) is 10.7. The Morgan fingerprint density at radius 2 is 1.96 bits per heavy atom. The Labute approximate surface area is 142 Å². The fourth-order valence-corrected chi connectivity index (χ4v) is 2.57. The number of phenols is 1. The Kier molecular flexibility index (Phi) is 5.00. The van der Waals surface area contributed by atoms with Crippen LogP contribution < -0.4 is 5.43 Å². The van der Waals surface area contributed by atoms with Crippen molar-refractivity contribution in [3.05, 3.63) is 46.4 Å². The van der Waals surface area contributed by atoms with Gasteiger partial charge in [-0.3, -0.25) is 10.8 Å². The van der Waals surface area contributed by atoms with Crippen LogP contribution in [-0.4, -0.2) is 16.5 Å². The number of benzene rings is 1. The van der Waals surface area contributed by atoms with Gasteiger partial charge in [-0.1, -0.05) is 26.8 Å². The summed E-state index contributed by atoms with van der Waals surface area (Å²) in [5.74, 6) is 0.211. The van der Waals surface area contributed by atoms with Crippen LogP contribution in [0.15, 0.2) is 40.4 Å². The molecular formula is C18H23N3OS. The number of nitrogens with zero attached hydrogens (tertiary/aromatic N) is 1. The van der Waals surface area contributed by atoms with Crippen LogP contribution in [-0.2, 0) is 6.42 Å². The summed E-state index contributed by atoms with van der Waals surface area (Å²) in [6.45, 7) is 8.39. The minimum atomic E-state index is 0.0778. The van der Waals surface area contributed by atoms with Crippen molar-refractivity contribution in [2.24, 2.45) is 10.5 Å². The van der Waals surface area contributed by atoms with Crippen molar-refractivity contribution in [2.45, 2.75) is 34.1 Å². The van der Waals surface area contributed by atoms with E-state index in [0.29, 0.717) is 17.1 Å². The maximum Gasteiger partial charge on any atom is 0.143 e. The van der Waals surface area contributed by atoms with Gasteiger partial charge in [0.15, 0.2) is 0 Å². The summed E-state index contributed by atoms with van der Waals surface area (Å²) >= 11 is 4.26. The molecule has 0 aromatic heterocycles. The highest BCUT2D eigenvalue weighted by molar-refractivity contribution is 7.84. The molecule has 4 nitrogen and oxygen atoms in total. The zero-order valence-corrected chi connectivity index (χ0v) is 14.8. The number of aromatic hydroxyl groups is 1. The van der Waals surface area contributed by atoms with Crippen LogP contribution in [0.4, 0.5) is 5.69 Å². The van der Waals surface area contributed by atoms with Crippen LogP contribution in [0, 0.1) is 17.7 Å². The van der Waals surface area contributed by atoms with Crippen molar-refractivity contribution >= 4 is 29.7 Å². The lowest BCUT2D eigenvalue weighted by molar-refractivity contribution is 0.395. The van der Waals surface area contributed by atoms with Gasteiger partial charge in [-0.25, -0.2) is 0 Å². The van der Waals surface area contributed by atoms with Crippen LogP contribution in [0.2, 0.25) is 0 Å². The third-order valence-electron chi connectivity index (χ3n) is 3.33. The van der Waals surface area contributed by atoms with Crippen LogP contribution in [0.1, 0.15) is 31.9 Å². The molecule has 5 heteroatoms. The van der Waals surface area contributed by atoms with Gasteiger partial charge in [0.25, 0.3) is 0 Å². The van der Waals surface area contributed by atoms with Crippen molar-refractivity contribution < 1.29 is 5.11 Å². The number of allylic oxidation sites excluding steroid dienone is 3. The molecule has 23 heavy (non-hydrogen) atoms. The van der Waals surface area contributed by atoms with E-state index >= 15 is 0 Å². The molecule has 3 N–H and O–H groups in total. The number of thiol groups is 1. The molecule has 0 saturated heterocycles. The monoisotopic (exact) mass is 329 g/mol. The largest absolute Gasteiger partial charge is 0.505 e. The van der Waals surface area contributed by atoms with E-state index in [1.807, 2.05) is 19.1 Å². The summed E-state index contributed by atoms with van der Waals surface area (Å²) in [5, 5.41) is 22.6. The summed E-state index contributed by atoms with van der Waals surface area (Å²) in [4.78, 5) is 0.739. The van der Waals surface area contributed by atoms with Crippen molar-refractivity contribution in [1.82, 2.24) is 0 Å². The number of nitrogens with one attached hydrogen (secondary N) is 2. The minimum absolute atomic E-state index is 0.0778. The first kappa shape index (κ1) is 17.3. The van der Waals surface area contributed by atoms with E-state index in [2.05, 4.69) is 43.9 Å². The van der Waals surface area contributed by atoms with Gasteiger partial charge in [0.05, 0.1) is 11.4 Å². The lowest BCUT2D eigenvalue weighted by Gasteiger charge is -2.20. The third-order valence-corrected chi connectivity index (χ3v) is 3.61. The fourth-order valence-electron chi connectivity index (χ4n) is 2.38. The molecule has 1 aliphatic rings. The Morgan fingerprint density at radius 1 is 1.26 bits per heavy atom. The number of aryl methyl sites for hydroxylation is 1. The predicted molar refractivity (Wildman–Crippen MR) is 101 cm³/mol. The zero-order valence-electron chi connectivity index (χ0n) is 13.9. The van der Waals surface area contributed by atoms with E-state index in [1.165, 1.54) is 0 Å². The van der Waals surface area contributed by atoms with Gasteiger partial charge in [0, 0.05) is 4.91 Å². The van der Waals surface area contributed by atoms with Gasteiger partial charge in [-0.15, -0.1) is 12.6 Å². The molecule has 2 rings (SSSR count). The maximum atomic E-state index is 10.5. The van der Waals surface area contributed by atoms with Gasteiger partial charge in [-0.2, -0.15) is 5.10 Å². The molecular weight excluding hydrogens is 306 g/mol. The average Bonchev–Trinajstić information content (AvgIpc) is 2.42. The molecule has 0 aliphatic heterocycles. The Morgan fingerprint density at radius 3 is 2.61 bits per heavy atom. The molecule has 1 aromatic rings. The van der Waals surface area contributed by atoms with E-state index in [-0.39, 0.29) is 11.2 Å². The molecule has 0 unspecified atom stereocenters. The average molecular weight is 329 g/mol. The van der Waals surface area contributed by atoms with E-state index in [9.17, 15) is 5.11 Å². The first-order valence-corrected chi connectivity index (χ1v) is 7.94. The topological polar surface area (TPSA) is 68.5 Å². The second-order valence-corrected chi connectivity index (χ2v) is 7.50. The quantitative estimate of drug-likeness (QED) is 0.286. The van der Waals surface area contributed by atoms with Crippen LogP contribution >= 0.6 is 12.6 Å². The smallest absolute Gasteiger partial charge is 0.143 e.